The Hall–Kier alpha value is -0.790. The molecular formula is C14H20O2. The smallest absolute Gasteiger partial charge is 0.309 e. The van der Waals surface area contributed by atoms with Crippen molar-refractivity contribution in [3.05, 3.63) is 11.6 Å². The van der Waals surface area contributed by atoms with E-state index < -0.39 is 0 Å². The minimum Gasteiger partial charge on any atom is -0.458 e. The molecule has 2 heteroatoms. The molecule has 2 fully saturated rings. The van der Waals surface area contributed by atoms with Gasteiger partial charge in [-0.3, -0.25) is 4.79 Å². The van der Waals surface area contributed by atoms with Crippen molar-refractivity contribution in [2.75, 3.05) is 0 Å². The minimum atomic E-state index is 0.0372. The van der Waals surface area contributed by atoms with E-state index in [9.17, 15) is 4.79 Å². The molecule has 0 amide bonds. The zero-order valence-electron chi connectivity index (χ0n) is 10.3. The van der Waals surface area contributed by atoms with E-state index in [1.54, 1.807) is 0 Å². The second-order valence-electron chi connectivity index (χ2n) is 6.30. The van der Waals surface area contributed by atoms with Gasteiger partial charge < -0.3 is 4.74 Å². The Balaban J connectivity index is 1.75. The summed E-state index contributed by atoms with van der Waals surface area (Å²) in [7, 11) is 0. The van der Waals surface area contributed by atoms with Crippen LogP contribution in [0.2, 0.25) is 0 Å². The van der Waals surface area contributed by atoms with Crippen molar-refractivity contribution < 1.29 is 9.53 Å². The van der Waals surface area contributed by atoms with Gasteiger partial charge in [0.1, 0.15) is 6.10 Å². The highest BCUT2D eigenvalue weighted by Crippen LogP contribution is 2.59. The highest BCUT2D eigenvalue weighted by molar-refractivity contribution is 5.75. The number of fused-ring (bicyclic) bond motifs is 1. The van der Waals surface area contributed by atoms with Crippen molar-refractivity contribution in [2.45, 2.75) is 46.1 Å². The molecule has 3 atom stereocenters. The molecule has 2 saturated carbocycles. The number of carbonyl (C=O) groups is 1. The second kappa shape index (κ2) is 3.12. The van der Waals surface area contributed by atoms with Gasteiger partial charge in [0.25, 0.3) is 0 Å². The monoisotopic (exact) mass is 220 g/mol. The summed E-state index contributed by atoms with van der Waals surface area (Å²) in [6.45, 7) is 6.79. The summed E-state index contributed by atoms with van der Waals surface area (Å²) in [6, 6.07) is 0. The first-order chi connectivity index (χ1) is 7.50. The summed E-state index contributed by atoms with van der Waals surface area (Å²) >= 11 is 0. The van der Waals surface area contributed by atoms with Crippen LogP contribution in [0, 0.1) is 23.2 Å². The summed E-state index contributed by atoms with van der Waals surface area (Å²) in [6.07, 6.45) is 5.51. The average molecular weight is 220 g/mol. The van der Waals surface area contributed by atoms with Crippen LogP contribution in [0.1, 0.15) is 40.0 Å². The maximum absolute atomic E-state index is 11.7. The van der Waals surface area contributed by atoms with Gasteiger partial charge in [0, 0.05) is 5.92 Å². The molecule has 4 aliphatic carbocycles. The summed E-state index contributed by atoms with van der Waals surface area (Å²) in [4.78, 5) is 11.7. The summed E-state index contributed by atoms with van der Waals surface area (Å²) in [5, 5.41) is 0. The Labute approximate surface area is 97.1 Å². The first kappa shape index (κ1) is 10.4. The van der Waals surface area contributed by atoms with Crippen molar-refractivity contribution in [2.24, 2.45) is 23.2 Å². The van der Waals surface area contributed by atoms with Crippen LogP contribution >= 0.6 is 0 Å². The van der Waals surface area contributed by atoms with Crippen LogP contribution in [-0.4, -0.2) is 12.1 Å². The Bertz CT molecular complexity index is 363. The minimum absolute atomic E-state index is 0.0372. The maximum atomic E-state index is 11.7. The molecular weight excluding hydrogens is 200 g/mol. The first-order valence-electron chi connectivity index (χ1n) is 6.39. The van der Waals surface area contributed by atoms with E-state index in [2.05, 4.69) is 26.8 Å². The van der Waals surface area contributed by atoms with Crippen LogP contribution in [0.25, 0.3) is 0 Å². The van der Waals surface area contributed by atoms with E-state index in [0.29, 0.717) is 17.3 Å². The Kier molecular flexibility index (Phi) is 2.02. The van der Waals surface area contributed by atoms with Gasteiger partial charge in [-0.2, -0.15) is 0 Å². The Morgan fingerprint density at radius 1 is 1.44 bits per heavy atom. The van der Waals surface area contributed by atoms with E-state index in [4.69, 9.17) is 4.74 Å². The van der Waals surface area contributed by atoms with Crippen molar-refractivity contribution in [1.82, 2.24) is 0 Å². The van der Waals surface area contributed by atoms with Crippen LogP contribution in [0.15, 0.2) is 11.6 Å². The van der Waals surface area contributed by atoms with Gasteiger partial charge in [0.2, 0.25) is 0 Å². The SMILES string of the molecule is CC1=CC(OC(=O)C2CC2)C2CC1C2(C)C. The third-order valence-corrected chi connectivity index (χ3v) is 4.88. The van der Waals surface area contributed by atoms with E-state index in [0.717, 1.165) is 12.8 Å². The Morgan fingerprint density at radius 2 is 2.12 bits per heavy atom. The number of hydrogen-bond acceptors (Lipinski definition) is 2. The molecule has 0 saturated heterocycles. The highest BCUT2D eigenvalue weighted by Gasteiger charge is 2.55. The van der Waals surface area contributed by atoms with Crippen molar-refractivity contribution in [1.29, 1.82) is 0 Å². The number of esters is 1. The first-order valence-corrected chi connectivity index (χ1v) is 6.39. The second-order valence-corrected chi connectivity index (χ2v) is 6.30. The van der Waals surface area contributed by atoms with Gasteiger partial charge in [-0.25, -0.2) is 0 Å². The highest BCUT2D eigenvalue weighted by atomic mass is 16.5. The molecule has 0 heterocycles. The third-order valence-electron chi connectivity index (χ3n) is 4.88. The van der Waals surface area contributed by atoms with Crippen molar-refractivity contribution in [3.63, 3.8) is 0 Å². The predicted molar refractivity (Wildman–Crippen MR) is 61.7 cm³/mol. The summed E-state index contributed by atoms with van der Waals surface area (Å²) in [5.74, 6) is 1.52. The van der Waals surface area contributed by atoms with Crippen LogP contribution in [-0.2, 0) is 9.53 Å². The molecule has 16 heavy (non-hydrogen) atoms. The fourth-order valence-corrected chi connectivity index (χ4v) is 3.45. The lowest BCUT2D eigenvalue weighted by atomic mass is 9.48. The Morgan fingerprint density at radius 3 is 2.62 bits per heavy atom. The van der Waals surface area contributed by atoms with Crippen LogP contribution in [0.5, 0.6) is 0 Å². The molecule has 0 aromatic rings. The fourth-order valence-electron chi connectivity index (χ4n) is 3.45. The third kappa shape index (κ3) is 1.35. The van der Waals surface area contributed by atoms with Gasteiger partial charge in [-0.05, 0) is 43.6 Å². The van der Waals surface area contributed by atoms with E-state index in [-0.39, 0.29) is 18.0 Å². The normalized spacial score (nSPS) is 39.7. The van der Waals surface area contributed by atoms with E-state index >= 15 is 0 Å². The number of ether oxygens (including phenoxy) is 1. The van der Waals surface area contributed by atoms with Crippen molar-refractivity contribution >= 4 is 5.97 Å². The lowest BCUT2D eigenvalue weighted by Crippen LogP contribution is -2.54. The molecule has 2 nitrogen and oxygen atoms in total. The average Bonchev–Trinajstić information content (AvgIpc) is 2.98. The zero-order chi connectivity index (χ0) is 11.5. The molecule has 0 aliphatic heterocycles. The fraction of sp³-hybridized carbons (Fsp3) is 0.786. The molecule has 3 unspecified atom stereocenters. The predicted octanol–water partition coefficient (Wildman–Crippen LogP) is 2.93. The lowest BCUT2D eigenvalue weighted by molar-refractivity contribution is -0.162. The van der Waals surface area contributed by atoms with Gasteiger partial charge in [0.15, 0.2) is 0 Å². The number of rotatable bonds is 2. The largest absolute Gasteiger partial charge is 0.458 e. The zero-order valence-corrected chi connectivity index (χ0v) is 10.3. The van der Waals surface area contributed by atoms with Gasteiger partial charge in [0.05, 0.1) is 5.92 Å². The molecule has 4 rings (SSSR count). The van der Waals surface area contributed by atoms with E-state index in [1.165, 1.54) is 12.0 Å². The van der Waals surface area contributed by atoms with Gasteiger partial charge in [-0.1, -0.05) is 19.4 Å². The standard InChI is InChI=1S/C14H20O2/c1-8-6-12(16-13(15)9-4-5-9)11-7-10(8)14(11,2)3/h6,9-12H,4-5,7H2,1-3H3. The summed E-state index contributed by atoms with van der Waals surface area (Å²) < 4.78 is 5.66. The molecule has 0 spiro atoms. The van der Waals surface area contributed by atoms with Crippen molar-refractivity contribution in [3.8, 4) is 0 Å². The molecule has 0 aromatic carbocycles. The maximum Gasteiger partial charge on any atom is 0.309 e. The van der Waals surface area contributed by atoms with Crippen LogP contribution in [0.4, 0.5) is 0 Å². The topological polar surface area (TPSA) is 26.3 Å². The van der Waals surface area contributed by atoms with Gasteiger partial charge in [-0.15, -0.1) is 0 Å². The number of carbonyl (C=O) groups excluding carboxylic acids is 1. The molecule has 2 bridgehead atoms. The molecule has 0 radical (unpaired) electrons. The molecule has 88 valence electrons. The lowest BCUT2D eigenvalue weighted by Gasteiger charge is -2.58. The molecule has 0 aromatic heterocycles. The number of hydrogen-bond donors (Lipinski definition) is 0. The summed E-state index contributed by atoms with van der Waals surface area (Å²) in [5.41, 5.74) is 1.74. The molecule has 4 aliphatic rings. The van der Waals surface area contributed by atoms with E-state index in [1.807, 2.05) is 0 Å². The van der Waals surface area contributed by atoms with Crippen LogP contribution in [0.3, 0.4) is 0 Å². The number of allylic oxidation sites excluding steroid dienone is 1. The van der Waals surface area contributed by atoms with Gasteiger partial charge >= 0.3 is 5.97 Å². The quantitative estimate of drug-likeness (QED) is 0.528. The van der Waals surface area contributed by atoms with Crippen LogP contribution < -0.4 is 0 Å². The molecule has 0 N–H and O–H groups in total.